The second kappa shape index (κ2) is 5.25. The molecule has 1 aliphatic heterocycles. The molecule has 16 heavy (non-hydrogen) atoms. The third-order valence-electron chi connectivity index (χ3n) is 2.58. The van der Waals surface area contributed by atoms with Gasteiger partial charge in [-0.05, 0) is 22.9 Å². The average molecular weight is 237 g/mol. The van der Waals surface area contributed by atoms with Gasteiger partial charge >= 0.3 is 0 Å². The number of ether oxygens (including phenoxy) is 1. The van der Waals surface area contributed by atoms with E-state index in [0.29, 0.717) is 18.7 Å². The number of amides is 1. The van der Waals surface area contributed by atoms with E-state index in [4.69, 9.17) is 4.74 Å². The quantitative estimate of drug-likeness (QED) is 0.780. The summed E-state index contributed by atoms with van der Waals surface area (Å²) in [5.41, 5.74) is 2.36. The van der Waals surface area contributed by atoms with Crippen LogP contribution in [0, 0.1) is 0 Å². The molecular weight excluding hydrogens is 222 g/mol. The predicted octanol–water partition coefficient (Wildman–Crippen LogP) is 1.56. The lowest BCUT2D eigenvalue weighted by atomic mass is 10.1. The molecule has 1 aromatic carbocycles. The summed E-state index contributed by atoms with van der Waals surface area (Å²) in [6.07, 6.45) is 1.44. The Balaban J connectivity index is 1.93. The molecule has 0 spiro atoms. The molecule has 0 unspecified atom stereocenters. The van der Waals surface area contributed by atoms with Gasteiger partial charge in [-0.3, -0.25) is 4.79 Å². The van der Waals surface area contributed by atoms with Crippen molar-refractivity contribution in [2.45, 2.75) is 19.4 Å². The van der Waals surface area contributed by atoms with Gasteiger partial charge in [0.05, 0.1) is 6.61 Å². The van der Waals surface area contributed by atoms with Crippen LogP contribution >= 0.6 is 12.6 Å². The lowest BCUT2D eigenvalue weighted by Crippen LogP contribution is -2.22. The molecular formula is C12H15NO2S. The third kappa shape index (κ3) is 2.70. The minimum Gasteiger partial charge on any atom is -0.493 e. The van der Waals surface area contributed by atoms with Crippen molar-refractivity contribution in [1.29, 1.82) is 0 Å². The highest BCUT2D eigenvalue weighted by Crippen LogP contribution is 2.25. The van der Waals surface area contributed by atoms with Gasteiger partial charge in [0.25, 0.3) is 0 Å². The first-order valence-corrected chi connectivity index (χ1v) is 6.05. The highest BCUT2D eigenvalue weighted by atomic mass is 32.1. The molecule has 0 fully saturated rings. The van der Waals surface area contributed by atoms with Crippen LogP contribution in [0.1, 0.15) is 17.5 Å². The number of hydrogen-bond acceptors (Lipinski definition) is 3. The smallest absolute Gasteiger partial charge is 0.221 e. The summed E-state index contributed by atoms with van der Waals surface area (Å²) in [6.45, 7) is 1.35. The fourth-order valence-electron chi connectivity index (χ4n) is 1.74. The molecule has 0 aliphatic carbocycles. The van der Waals surface area contributed by atoms with Gasteiger partial charge in [0.1, 0.15) is 5.75 Å². The zero-order valence-corrected chi connectivity index (χ0v) is 9.93. The van der Waals surface area contributed by atoms with Crippen molar-refractivity contribution in [3.63, 3.8) is 0 Å². The molecule has 0 atom stereocenters. The molecule has 1 aromatic rings. The minimum absolute atomic E-state index is 0.0479. The van der Waals surface area contributed by atoms with Gasteiger partial charge in [0.15, 0.2) is 0 Å². The van der Waals surface area contributed by atoms with Crippen molar-refractivity contribution in [3.8, 4) is 5.75 Å². The molecule has 3 nitrogen and oxygen atoms in total. The Morgan fingerprint density at radius 2 is 2.38 bits per heavy atom. The standard InChI is InChI=1S/C12H15NO2S/c14-12(4-6-16)13-8-9-1-2-11-10(7-9)3-5-15-11/h1-2,7,16H,3-6,8H2,(H,13,14). The number of benzene rings is 1. The maximum Gasteiger partial charge on any atom is 0.221 e. The van der Waals surface area contributed by atoms with Gasteiger partial charge in [-0.2, -0.15) is 12.6 Å². The van der Waals surface area contributed by atoms with Crippen LogP contribution in [0.25, 0.3) is 0 Å². The molecule has 1 amide bonds. The third-order valence-corrected chi connectivity index (χ3v) is 2.81. The Hall–Kier alpha value is -1.16. The van der Waals surface area contributed by atoms with E-state index in [9.17, 15) is 4.79 Å². The number of hydrogen-bond donors (Lipinski definition) is 2. The van der Waals surface area contributed by atoms with Gasteiger partial charge in [-0.1, -0.05) is 12.1 Å². The lowest BCUT2D eigenvalue weighted by molar-refractivity contribution is -0.120. The maximum absolute atomic E-state index is 11.3. The van der Waals surface area contributed by atoms with E-state index in [2.05, 4.69) is 24.0 Å². The molecule has 2 rings (SSSR count). The lowest BCUT2D eigenvalue weighted by Gasteiger charge is -2.06. The molecule has 0 radical (unpaired) electrons. The first-order valence-electron chi connectivity index (χ1n) is 5.42. The average Bonchev–Trinajstić information content (AvgIpc) is 2.74. The summed E-state index contributed by atoms with van der Waals surface area (Å²) in [4.78, 5) is 11.3. The first-order chi connectivity index (χ1) is 7.79. The van der Waals surface area contributed by atoms with Crippen molar-refractivity contribution in [2.24, 2.45) is 0 Å². The number of carbonyl (C=O) groups is 1. The highest BCUT2D eigenvalue weighted by molar-refractivity contribution is 7.80. The Morgan fingerprint density at radius 3 is 3.19 bits per heavy atom. The van der Waals surface area contributed by atoms with Crippen LogP contribution in [0.5, 0.6) is 5.75 Å². The molecule has 86 valence electrons. The van der Waals surface area contributed by atoms with Crippen molar-refractivity contribution in [2.75, 3.05) is 12.4 Å². The first kappa shape index (κ1) is 11.3. The zero-order chi connectivity index (χ0) is 11.4. The van der Waals surface area contributed by atoms with Crippen molar-refractivity contribution in [1.82, 2.24) is 5.32 Å². The molecule has 1 heterocycles. The maximum atomic E-state index is 11.3. The fraction of sp³-hybridized carbons (Fsp3) is 0.417. The topological polar surface area (TPSA) is 38.3 Å². The van der Waals surface area contributed by atoms with E-state index < -0.39 is 0 Å². The van der Waals surface area contributed by atoms with Crippen LogP contribution in [0.3, 0.4) is 0 Å². The van der Waals surface area contributed by atoms with Crippen LogP contribution in [0.2, 0.25) is 0 Å². The Kier molecular flexibility index (Phi) is 3.72. The van der Waals surface area contributed by atoms with E-state index in [1.165, 1.54) is 5.56 Å². The molecule has 1 aliphatic rings. The van der Waals surface area contributed by atoms with E-state index in [0.717, 1.165) is 24.3 Å². The van der Waals surface area contributed by atoms with Crippen LogP contribution < -0.4 is 10.1 Å². The minimum atomic E-state index is 0.0479. The largest absolute Gasteiger partial charge is 0.493 e. The zero-order valence-electron chi connectivity index (χ0n) is 9.03. The number of rotatable bonds is 4. The molecule has 0 aromatic heterocycles. The number of carbonyl (C=O) groups excluding carboxylic acids is 1. The van der Waals surface area contributed by atoms with Gasteiger partial charge in [-0.25, -0.2) is 0 Å². The Labute approximate surface area is 101 Å². The van der Waals surface area contributed by atoms with Gasteiger partial charge < -0.3 is 10.1 Å². The van der Waals surface area contributed by atoms with Crippen molar-refractivity contribution < 1.29 is 9.53 Å². The Morgan fingerprint density at radius 1 is 1.50 bits per heavy atom. The molecule has 4 heteroatoms. The van der Waals surface area contributed by atoms with Gasteiger partial charge in [0.2, 0.25) is 5.91 Å². The second-order valence-electron chi connectivity index (χ2n) is 3.79. The van der Waals surface area contributed by atoms with Gasteiger partial charge in [-0.15, -0.1) is 0 Å². The van der Waals surface area contributed by atoms with E-state index in [1.807, 2.05) is 12.1 Å². The Bertz CT molecular complexity index is 393. The van der Waals surface area contributed by atoms with Crippen LogP contribution in [0.4, 0.5) is 0 Å². The predicted molar refractivity (Wildman–Crippen MR) is 66.0 cm³/mol. The van der Waals surface area contributed by atoms with E-state index in [1.54, 1.807) is 0 Å². The van der Waals surface area contributed by atoms with Crippen LogP contribution in [0.15, 0.2) is 18.2 Å². The monoisotopic (exact) mass is 237 g/mol. The molecule has 0 saturated heterocycles. The van der Waals surface area contributed by atoms with Crippen LogP contribution in [-0.4, -0.2) is 18.3 Å². The summed E-state index contributed by atoms with van der Waals surface area (Å²) in [7, 11) is 0. The molecule has 0 bridgehead atoms. The second-order valence-corrected chi connectivity index (χ2v) is 4.24. The van der Waals surface area contributed by atoms with Gasteiger partial charge in [0, 0.05) is 19.4 Å². The summed E-state index contributed by atoms with van der Waals surface area (Å²) in [6, 6.07) is 6.07. The van der Waals surface area contributed by atoms with E-state index >= 15 is 0 Å². The van der Waals surface area contributed by atoms with Crippen molar-refractivity contribution >= 4 is 18.5 Å². The SMILES string of the molecule is O=C(CCS)NCc1ccc2c(c1)CCO2. The molecule has 1 N–H and O–H groups in total. The number of nitrogens with one attached hydrogen (secondary N) is 1. The number of fused-ring (bicyclic) bond motifs is 1. The fourth-order valence-corrected chi connectivity index (χ4v) is 1.94. The molecule has 0 saturated carbocycles. The summed E-state index contributed by atoms with van der Waals surface area (Å²) < 4.78 is 5.42. The summed E-state index contributed by atoms with van der Waals surface area (Å²) in [5, 5.41) is 2.86. The van der Waals surface area contributed by atoms with Crippen molar-refractivity contribution in [3.05, 3.63) is 29.3 Å². The highest BCUT2D eigenvalue weighted by Gasteiger charge is 2.11. The normalized spacial score (nSPS) is 13.1. The number of thiol groups is 1. The summed E-state index contributed by atoms with van der Waals surface area (Å²) in [5.74, 6) is 1.61. The summed E-state index contributed by atoms with van der Waals surface area (Å²) >= 11 is 4.02. The van der Waals surface area contributed by atoms with Crippen LogP contribution in [-0.2, 0) is 17.8 Å². The van der Waals surface area contributed by atoms with E-state index in [-0.39, 0.29) is 5.91 Å².